The molecule has 0 aromatic carbocycles. The Morgan fingerprint density at radius 2 is 2.00 bits per heavy atom. The van der Waals surface area contributed by atoms with Crippen molar-refractivity contribution in [2.45, 2.75) is 103 Å². The third-order valence-electron chi connectivity index (χ3n) is 9.37. The second-order valence-corrected chi connectivity index (χ2v) is 12.5. The van der Waals surface area contributed by atoms with Crippen LogP contribution < -0.4 is 4.90 Å². The number of ketones is 1. The third-order valence-corrected chi connectivity index (χ3v) is 9.37. The molecule has 0 N–H and O–H groups in total. The molecule has 1 aliphatic carbocycles. The predicted octanol–water partition coefficient (Wildman–Crippen LogP) is 4.92. The standard InChI is InChI=1S/C31H45N7O3/c1-6-11-21(36(4)5)19-38-30-25(23(7-2)34-38)29(37-16-10-12-20(3)18-37)32-28(33-30)26-22-14-17-40-31(27(22)41-35-26)15-9-8-13-24(31)39/h20-21H,6-19H2,1-5H3. The van der Waals surface area contributed by atoms with Gasteiger partial charge in [0.05, 0.1) is 24.2 Å². The van der Waals surface area contributed by atoms with Gasteiger partial charge < -0.3 is 19.1 Å². The van der Waals surface area contributed by atoms with Crippen molar-refractivity contribution in [2.75, 3.05) is 38.7 Å². The van der Waals surface area contributed by atoms with Gasteiger partial charge in [0.15, 0.2) is 34.3 Å². The maximum Gasteiger partial charge on any atom is 0.186 e. The van der Waals surface area contributed by atoms with Gasteiger partial charge in [0.1, 0.15) is 5.82 Å². The van der Waals surface area contributed by atoms with Crippen LogP contribution in [0.3, 0.4) is 0 Å². The van der Waals surface area contributed by atoms with Crippen molar-refractivity contribution in [3.63, 3.8) is 0 Å². The Morgan fingerprint density at radius 3 is 2.73 bits per heavy atom. The summed E-state index contributed by atoms with van der Waals surface area (Å²) in [6.45, 7) is 9.84. The summed E-state index contributed by atoms with van der Waals surface area (Å²) in [5.74, 6) is 2.76. The van der Waals surface area contributed by atoms with E-state index in [1.807, 2.05) is 0 Å². The van der Waals surface area contributed by atoms with E-state index >= 15 is 0 Å². The van der Waals surface area contributed by atoms with Crippen LogP contribution in [-0.2, 0) is 34.5 Å². The Balaban J connectivity index is 1.52. The number of rotatable bonds is 8. The maximum atomic E-state index is 13.2. The molecule has 3 unspecified atom stereocenters. The molecule has 1 saturated heterocycles. The molecule has 1 spiro atoms. The zero-order valence-corrected chi connectivity index (χ0v) is 25.4. The lowest BCUT2D eigenvalue weighted by atomic mass is 9.78. The van der Waals surface area contributed by atoms with E-state index in [-0.39, 0.29) is 5.78 Å². The highest BCUT2D eigenvalue weighted by molar-refractivity contribution is 5.92. The van der Waals surface area contributed by atoms with Gasteiger partial charge in [-0.1, -0.05) is 32.3 Å². The van der Waals surface area contributed by atoms with Crippen molar-refractivity contribution in [2.24, 2.45) is 5.92 Å². The molecule has 3 aliphatic rings. The van der Waals surface area contributed by atoms with Crippen LogP contribution in [0, 0.1) is 5.92 Å². The number of carbonyl (C=O) groups is 1. The lowest BCUT2D eigenvalue weighted by Crippen LogP contribution is -2.44. The highest BCUT2D eigenvalue weighted by atomic mass is 16.5. The molecule has 1 saturated carbocycles. The van der Waals surface area contributed by atoms with E-state index in [0.717, 1.165) is 86.3 Å². The Hall–Kier alpha value is -2.85. The van der Waals surface area contributed by atoms with Crippen molar-refractivity contribution in [1.82, 2.24) is 29.8 Å². The number of hydrogen-bond donors (Lipinski definition) is 0. The minimum absolute atomic E-state index is 0.100. The number of fused-ring (bicyclic) bond motifs is 3. The first-order valence-corrected chi connectivity index (χ1v) is 15.7. The van der Waals surface area contributed by atoms with E-state index in [2.05, 4.69) is 54.5 Å². The summed E-state index contributed by atoms with van der Waals surface area (Å²) in [6.07, 6.45) is 8.97. The van der Waals surface area contributed by atoms with Crippen molar-refractivity contribution in [3.8, 4) is 11.5 Å². The minimum Gasteiger partial charge on any atom is -0.359 e. The summed E-state index contributed by atoms with van der Waals surface area (Å²) in [7, 11) is 4.28. The largest absolute Gasteiger partial charge is 0.359 e. The molecule has 3 aromatic rings. The summed E-state index contributed by atoms with van der Waals surface area (Å²) in [6, 6.07) is 0.346. The van der Waals surface area contributed by atoms with Gasteiger partial charge in [-0.2, -0.15) is 5.10 Å². The molecular weight excluding hydrogens is 518 g/mol. The SMILES string of the molecule is CCCC(Cn1nc(CC)c2c(N3CCCC(C)C3)nc(-c3noc4c3CCOC43CCCCC3=O)nc21)N(C)C. The molecule has 6 rings (SSSR count). The second-order valence-electron chi connectivity index (χ2n) is 12.5. The zero-order chi connectivity index (χ0) is 28.7. The fourth-order valence-electron chi connectivity index (χ4n) is 7.08. The molecule has 3 aromatic heterocycles. The van der Waals surface area contributed by atoms with Crippen molar-refractivity contribution < 1.29 is 14.1 Å². The molecule has 0 radical (unpaired) electrons. The van der Waals surface area contributed by atoms with Crippen LogP contribution in [0.25, 0.3) is 22.6 Å². The molecular formula is C31H45N7O3. The number of anilines is 1. The summed E-state index contributed by atoms with van der Waals surface area (Å²) < 4.78 is 14.3. The zero-order valence-electron chi connectivity index (χ0n) is 25.4. The van der Waals surface area contributed by atoms with Gasteiger partial charge in [0.2, 0.25) is 0 Å². The molecule has 0 amide bonds. The highest BCUT2D eigenvalue weighted by Gasteiger charge is 2.50. The Labute approximate surface area is 242 Å². The number of nitrogens with zero attached hydrogens (tertiary/aromatic N) is 7. The van der Waals surface area contributed by atoms with E-state index in [0.29, 0.717) is 55.1 Å². The van der Waals surface area contributed by atoms with Crippen molar-refractivity contribution >= 4 is 22.6 Å². The van der Waals surface area contributed by atoms with Crippen LogP contribution in [0.15, 0.2) is 4.52 Å². The molecule has 222 valence electrons. The minimum atomic E-state index is -1.01. The normalized spacial score (nSPS) is 24.0. The van der Waals surface area contributed by atoms with Gasteiger partial charge >= 0.3 is 0 Å². The Kier molecular flexibility index (Phi) is 7.89. The van der Waals surface area contributed by atoms with Gasteiger partial charge in [-0.25, -0.2) is 14.6 Å². The number of ether oxygens (including phenoxy) is 1. The molecule has 10 nitrogen and oxygen atoms in total. The first kappa shape index (κ1) is 28.3. The van der Waals surface area contributed by atoms with Gasteiger partial charge in [-0.3, -0.25) is 4.79 Å². The van der Waals surface area contributed by atoms with Crippen molar-refractivity contribution in [1.29, 1.82) is 0 Å². The molecule has 2 aliphatic heterocycles. The van der Waals surface area contributed by atoms with E-state index in [9.17, 15) is 4.79 Å². The van der Waals surface area contributed by atoms with Crippen LogP contribution in [-0.4, -0.2) is 75.4 Å². The molecule has 3 atom stereocenters. The first-order chi connectivity index (χ1) is 19.9. The van der Waals surface area contributed by atoms with Gasteiger partial charge in [-0.15, -0.1) is 0 Å². The third kappa shape index (κ3) is 4.96. The summed E-state index contributed by atoms with van der Waals surface area (Å²) in [5.41, 5.74) is 2.44. The van der Waals surface area contributed by atoms with Crippen LogP contribution in [0.1, 0.15) is 89.2 Å². The number of Topliss-reactive ketones (excluding diaryl/α,β-unsaturated/α-hetero) is 1. The molecule has 0 bridgehead atoms. The van der Waals surface area contributed by atoms with Gasteiger partial charge in [-0.05, 0) is 65.0 Å². The lowest BCUT2D eigenvalue weighted by molar-refractivity contribution is -0.157. The van der Waals surface area contributed by atoms with Crippen LogP contribution in [0.2, 0.25) is 0 Å². The summed E-state index contributed by atoms with van der Waals surface area (Å²) in [5, 5.41) is 10.7. The van der Waals surface area contributed by atoms with Crippen LogP contribution in [0.5, 0.6) is 0 Å². The second kappa shape index (κ2) is 11.4. The van der Waals surface area contributed by atoms with Crippen LogP contribution >= 0.6 is 0 Å². The lowest BCUT2D eigenvalue weighted by Gasteiger charge is -2.36. The molecule has 5 heterocycles. The molecule has 10 heteroatoms. The fourth-order valence-corrected chi connectivity index (χ4v) is 7.08. The Morgan fingerprint density at radius 1 is 1.15 bits per heavy atom. The summed E-state index contributed by atoms with van der Waals surface area (Å²) >= 11 is 0. The van der Waals surface area contributed by atoms with Crippen LogP contribution in [0.4, 0.5) is 5.82 Å². The summed E-state index contributed by atoms with van der Waals surface area (Å²) in [4.78, 5) is 28.3. The first-order valence-electron chi connectivity index (χ1n) is 15.7. The number of hydrogen-bond acceptors (Lipinski definition) is 9. The van der Waals surface area contributed by atoms with E-state index in [1.165, 1.54) is 6.42 Å². The Bertz CT molecular complexity index is 1410. The van der Waals surface area contributed by atoms with E-state index in [1.54, 1.807) is 0 Å². The highest BCUT2D eigenvalue weighted by Crippen LogP contribution is 2.45. The van der Waals surface area contributed by atoms with E-state index in [4.69, 9.17) is 24.3 Å². The topological polar surface area (TPSA) is 102 Å². The number of likely N-dealkylation sites (N-methyl/N-ethyl adjacent to an activating group) is 1. The predicted molar refractivity (Wildman–Crippen MR) is 158 cm³/mol. The quantitative estimate of drug-likeness (QED) is 0.378. The maximum absolute atomic E-state index is 13.2. The number of aromatic nitrogens is 5. The van der Waals surface area contributed by atoms with Gasteiger partial charge in [0, 0.05) is 37.5 Å². The monoisotopic (exact) mass is 563 g/mol. The number of piperidine rings is 1. The number of carbonyl (C=O) groups excluding carboxylic acids is 1. The molecule has 41 heavy (non-hydrogen) atoms. The molecule has 2 fully saturated rings. The van der Waals surface area contributed by atoms with E-state index < -0.39 is 5.60 Å². The number of aryl methyl sites for hydroxylation is 1. The average molecular weight is 564 g/mol. The van der Waals surface area contributed by atoms with Crippen molar-refractivity contribution in [3.05, 3.63) is 17.0 Å². The average Bonchev–Trinajstić information content (AvgIpc) is 3.56. The fraction of sp³-hybridized carbons (Fsp3) is 0.710. The van der Waals surface area contributed by atoms with Gasteiger partial charge in [0.25, 0.3) is 0 Å². The smallest absolute Gasteiger partial charge is 0.186 e.